The average molecular weight is 248 g/mol. The third kappa shape index (κ3) is 3.99. The van der Waals surface area contributed by atoms with E-state index in [9.17, 15) is 0 Å². The number of nitrogens with two attached hydrogens (primary N) is 1. The van der Waals surface area contributed by atoms with Crippen molar-refractivity contribution in [3.05, 3.63) is 33.8 Å². The lowest BCUT2D eigenvalue weighted by molar-refractivity contribution is 0.0120. The van der Waals surface area contributed by atoms with Crippen molar-refractivity contribution in [2.24, 2.45) is 5.73 Å². The van der Waals surface area contributed by atoms with Crippen molar-refractivity contribution in [2.45, 2.75) is 26.1 Å². The van der Waals surface area contributed by atoms with Gasteiger partial charge in [-0.25, -0.2) is 0 Å². The van der Waals surface area contributed by atoms with E-state index in [4.69, 9.17) is 33.7 Å². The number of ether oxygens (including phenoxy) is 1. The molecule has 1 unspecified atom stereocenters. The van der Waals surface area contributed by atoms with Gasteiger partial charge in [-0.2, -0.15) is 0 Å². The van der Waals surface area contributed by atoms with Gasteiger partial charge in [0.1, 0.15) is 0 Å². The second-order valence-corrected chi connectivity index (χ2v) is 4.48. The van der Waals surface area contributed by atoms with Gasteiger partial charge in [0.2, 0.25) is 0 Å². The molecule has 0 bridgehead atoms. The van der Waals surface area contributed by atoms with Crippen molar-refractivity contribution in [3.8, 4) is 0 Å². The Labute approximate surface area is 100 Å². The third-order valence-corrected chi connectivity index (χ3v) is 2.34. The van der Waals surface area contributed by atoms with E-state index < -0.39 is 0 Å². The maximum Gasteiger partial charge on any atom is 0.0951 e. The summed E-state index contributed by atoms with van der Waals surface area (Å²) in [4.78, 5) is 0. The van der Waals surface area contributed by atoms with E-state index in [1.165, 1.54) is 0 Å². The minimum Gasteiger partial charge on any atom is -0.370 e. The molecule has 15 heavy (non-hydrogen) atoms. The summed E-state index contributed by atoms with van der Waals surface area (Å²) in [6, 6.07) is 5.34. The largest absolute Gasteiger partial charge is 0.370 e. The van der Waals surface area contributed by atoms with Crippen LogP contribution in [0.2, 0.25) is 10.0 Å². The summed E-state index contributed by atoms with van der Waals surface area (Å²) in [6.07, 6.45) is -0.0301. The molecule has 1 rings (SSSR count). The van der Waals surface area contributed by atoms with Gasteiger partial charge in [0, 0.05) is 16.6 Å². The Hall–Kier alpha value is -0.280. The van der Waals surface area contributed by atoms with Gasteiger partial charge in [0.15, 0.2) is 0 Å². The number of hydrogen-bond acceptors (Lipinski definition) is 2. The predicted octanol–water partition coefficient (Wildman–Crippen LogP) is 3.42. The molecule has 0 radical (unpaired) electrons. The first-order chi connectivity index (χ1) is 7.02. The quantitative estimate of drug-likeness (QED) is 0.886. The number of benzene rings is 1. The molecule has 1 aromatic carbocycles. The van der Waals surface area contributed by atoms with Crippen molar-refractivity contribution < 1.29 is 4.74 Å². The number of halogens is 2. The van der Waals surface area contributed by atoms with Gasteiger partial charge in [-0.1, -0.05) is 23.2 Å². The molecule has 0 saturated heterocycles. The molecular weight excluding hydrogens is 233 g/mol. The molecular formula is C11H15Cl2NO. The molecule has 1 aromatic rings. The first kappa shape index (κ1) is 12.8. The van der Waals surface area contributed by atoms with Crippen LogP contribution in [0.4, 0.5) is 0 Å². The zero-order valence-corrected chi connectivity index (χ0v) is 10.3. The maximum atomic E-state index is 5.91. The second-order valence-electron chi connectivity index (χ2n) is 3.61. The molecule has 0 amide bonds. The maximum absolute atomic E-state index is 5.91. The van der Waals surface area contributed by atoms with Crippen LogP contribution in [-0.4, -0.2) is 12.6 Å². The van der Waals surface area contributed by atoms with Gasteiger partial charge in [-0.15, -0.1) is 0 Å². The average Bonchev–Trinajstić information content (AvgIpc) is 2.12. The van der Waals surface area contributed by atoms with Crippen molar-refractivity contribution in [1.82, 2.24) is 0 Å². The third-order valence-electron chi connectivity index (χ3n) is 1.91. The molecule has 2 N–H and O–H groups in total. The SMILES string of the molecule is CC(C)OC(CN)c1cc(Cl)cc(Cl)c1. The molecule has 0 aromatic heterocycles. The predicted molar refractivity (Wildman–Crippen MR) is 64.5 cm³/mol. The summed E-state index contributed by atoms with van der Waals surface area (Å²) in [7, 11) is 0. The van der Waals surface area contributed by atoms with Crippen LogP contribution in [0.3, 0.4) is 0 Å². The van der Waals surface area contributed by atoms with E-state index in [1.54, 1.807) is 6.07 Å². The van der Waals surface area contributed by atoms with Crippen LogP contribution in [0.15, 0.2) is 18.2 Å². The van der Waals surface area contributed by atoms with Gasteiger partial charge in [-0.3, -0.25) is 0 Å². The standard InChI is InChI=1S/C11H15Cl2NO/c1-7(2)15-11(6-14)8-3-9(12)5-10(13)4-8/h3-5,7,11H,6,14H2,1-2H3. The Morgan fingerprint density at radius 2 is 1.73 bits per heavy atom. The minimum atomic E-state index is -0.152. The van der Waals surface area contributed by atoms with Crippen LogP contribution < -0.4 is 5.73 Å². The Balaban J connectivity index is 2.91. The fourth-order valence-corrected chi connectivity index (χ4v) is 1.90. The van der Waals surface area contributed by atoms with Crippen LogP contribution in [-0.2, 0) is 4.74 Å². The molecule has 84 valence electrons. The molecule has 2 nitrogen and oxygen atoms in total. The van der Waals surface area contributed by atoms with Crippen LogP contribution >= 0.6 is 23.2 Å². The summed E-state index contributed by atoms with van der Waals surface area (Å²) in [5, 5.41) is 1.20. The van der Waals surface area contributed by atoms with E-state index in [0.29, 0.717) is 16.6 Å². The van der Waals surface area contributed by atoms with Crippen molar-refractivity contribution >= 4 is 23.2 Å². The van der Waals surface area contributed by atoms with Crippen molar-refractivity contribution in [3.63, 3.8) is 0 Å². The van der Waals surface area contributed by atoms with E-state index in [1.807, 2.05) is 26.0 Å². The summed E-state index contributed by atoms with van der Waals surface area (Å²) in [5.41, 5.74) is 6.56. The molecule has 0 aliphatic rings. The van der Waals surface area contributed by atoms with E-state index in [0.717, 1.165) is 5.56 Å². The van der Waals surface area contributed by atoms with Gasteiger partial charge < -0.3 is 10.5 Å². The van der Waals surface area contributed by atoms with Gasteiger partial charge in [0.05, 0.1) is 12.2 Å². The highest BCUT2D eigenvalue weighted by atomic mass is 35.5. The molecule has 0 spiro atoms. The summed E-state index contributed by atoms with van der Waals surface area (Å²) in [5.74, 6) is 0. The topological polar surface area (TPSA) is 35.2 Å². The van der Waals surface area contributed by atoms with E-state index in [-0.39, 0.29) is 12.2 Å². The summed E-state index contributed by atoms with van der Waals surface area (Å²) >= 11 is 11.8. The summed E-state index contributed by atoms with van der Waals surface area (Å²) < 4.78 is 5.65. The Bertz CT molecular complexity index is 308. The first-order valence-corrected chi connectivity index (χ1v) is 5.60. The lowest BCUT2D eigenvalue weighted by atomic mass is 10.1. The Morgan fingerprint density at radius 3 is 2.13 bits per heavy atom. The van der Waals surface area contributed by atoms with Gasteiger partial charge in [-0.05, 0) is 37.6 Å². The fourth-order valence-electron chi connectivity index (χ4n) is 1.36. The van der Waals surface area contributed by atoms with Crippen molar-refractivity contribution in [1.29, 1.82) is 0 Å². The van der Waals surface area contributed by atoms with Crippen molar-refractivity contribution in [2.75, 3.05) is 6.54 Å². The Kier molecular flexibility index (Phi) is 4.87. The molecule has 0 heterocycles. The highest BCUT2D eigenvalue weighted by Gasteiger charge is 2.13. The van der Waals surface area contributed by atoms with Gasteiger partial charge in [0.25, 0.3) is 0 Å². The van der Waals surface area contributed by atoms with Crippen LogP contribution in [0.25, 0.3) is 0 Å². The molecule has 0 aliphatic heterocycles. The number of hydrogen-bond donors (Lipinski definition) is 1. The monoisotopic (exact) mass is 247 g/mol. The lowest BCUT2D eigenvalue weighted by Crippen LogP contribution is -2.19. The molecule has 0 saturated carbocycles. The van der Waals surface area contributed by atoms with E-state index in [2.05, 4.69) is 0 Å². The smallest absolute Gasteiger partial charge is 0.0951 e. The molecule has 0 aliphatic carbocycles. The Morgan fingerprint density at radius 1 is 1.20 bits per heavy atom. The molecule has 1 atom stereocenters. The van der Waals surface area contributed by atoms with Gasteiger partial charge >= 0.3 is 0 Å². The molecule has 4 heteroatoms. The second kappa shape index (κ2) is 5.71. The normalized spacial score (nSPS) is 13.2. The summed E-state index contributed by atoms with van der Waals surface area (Å²) in [6.45, 7) is 4.35. The number of rotatable bonds is 4. The lowest BCUT2D eigenvalue weighted by Gasteiger charge is -2.19. The van der Waals surface area contributed by atoms with E-state index >= 15 is 0 Å². The zero-order chi connectivity index (χ0) is 11.4. The minimum absolute atomic E-state index is 0.122. The highest BCUT2D eigenvalue weighted by Crippen LogP contribution is 2.25. The highest BCUT2D eigenvalue weighted by molar-refractivity contribution is 6.34. The fraction of sp³-hybridized carbons (Fsp3) is 0.455. The van der Waals surface area contributed by atoms with Crippen LogP contribution in [0, 0.1) is 0 Å². The zero-order valence-electron chi connectivity index (χ0n) is 8.84. The molecule has 0 fully saturated rings. The van der Waals surface area contributed by atoms with Crippen LogP contribution in [0.5, 0.6) is 0 Å². The first-order valence-electron chi connectivity index (χ1n) is 4.84. The van der Waals surface area contributed by atoms with Crippen LogP contribution in [0.1, 0.15) is 25.5 Å².